The van der Waals surface area contributed by atoms with E-state index in [1.807, 2.05) is 12.4 Å². The van der Waals surface area contributed by atoms with E-state index in [1.165, 1.54) is 29.8 Å². The zero-order valence-electron chi connectivity index (χ0n) is 19.5. The first kappa shape index (κ1) is 21.0. The molecule has 32 heavy (non-hydrogen) atoms. The van der Waals surface area contributed by atoms with E-state index in [-0.39, 0.29) is 5.41 Å². The van der Waals surface area contributed by atoms with Crippen molar-refractivity contribution in [1.82, 2.24) is 14.9 Å². The molecule has 0 bridgehead atoms. The lowest BCUT2D eigenvalue weighted by Gasteiger charge is -2.59. The minimum Gasteiger partial charge on any atom is -0.489 e. The molecular weight excluding hydrogens is 396 g/mol. The van der Waals surface area contributed by atoms with E-state index >= 15 is 0 Å². The molecule has 2 aliphatic heterocycles. The SMILES string of the molecule is Cc1ccc(C(C)(C)c2ccc(OCc3cnc(N4CC5(CN(C)C5)C4)nc3)cc2)cc1. The number of ether oxygens (including phenoxy) is 1. The van der Waals surface area contributed by atoms with Crippen molar-refractivity contribution in [2.24, 2.45) is 5.41 Å². The van der Waals surface area contributed by atoms with Crippen LogP contribution in [0.4, 0.5) is 5.95 Å². The van der Waals surface area contributed by atoms with E-state index in [1.54, 1.807) is 0 Å². The molecule has 0 N–H and O–H groups in total. The van der Waals surface area contributed by atoms with Crippen LogP contribution in [0.5, 0.6) is 5.75 Å². The Kier molecular flexibility index (Phi) is 5.17. The van der Waals surface area contributed by atoms with Crippen LogP contribution in [0.1, 0.15) is 36.1 Å². The summed E-state index contributed by atoms with van der Waals surface area (Å²) in [6.07, 6.45) is 3.77. The molecule has 3 aromatic rings. The van der Waals surface area contributed by atoms with Gasteiger partial charge in [0.2, 0.25) is 5.95 Å². The Hall–Kier alpha value is -2.92. The largest absolute Gasteiger partial charge is 0.489 e. The van der Waals surface area contributed by atoms with Crippen molar-refractivity contribution in [3.8, 4) is 5.75 Å². The molecule has 0 unspecified atom stereocenters. The third-order valence-corrected chi connectivity index (χ3v) is 6.99. The number of benzene rings is 2. The summed E-state index contributed by atoms with van der Waals surface area (Å²) in [5.41, 5.74) is 5.28. The van der Waals surface area contributed by atoms with Gasteiger partial charge in [-0.1, -0.05) is 55.8 Å². The molecule has 5 rings (SSSR count). The summed E-state index contributed by atoms with van der Waals surface area (Å²) in [5, 5.41) is 0. The zero-order valence-corrected chi connectivity index (χ0v) is 19.5. The number of hydrogen-bond donors (Lipinski definition) is 0. The van der Waals surface area contributed by atoms with Crippen LogP contribution >= 0.6 is 0 Å². The molecule has 3 heterocycles. The van der Waals surface area contributed by atoms with Gasteiger partial charge < -0.3 is 14.5 Å². The highest BCUT2D eigenvalue weighted by Crippen LogP contribution is 2.40. The topological polar surface area (TPSA) is 41.5 Å². The highest BCUT2D eigenvalue weighted by atomic mass is 16.5. The summed E-state index contributed by atoms with van der Waals surface area (Å²) in [7, 11) is 2.18. The molecule has 0 aliphatic carbocycles. The van der Waals surface area contributed by atoms with Gasteiger partial charge in [-0.15, -0.1) is 0 Å². The molecular formula is C27H32N4O. The van der Waals surface area contributed by atoms with Crippen molar-refractivity contribution in [1.29, 1.82) is 0 Å². The maximum Gasteiger partial charge on any atom is 0.225 e. The predicted octanol–water partition coefficient (Wildman–Crippen LogP) is 4.44. The first-order chi connectivity index (χ1) is 15.3. The van der Waals surface area contributed by atoms with Crippen LogP contribution in [0.15, 0.2) is 60.9 Å². The van der Waals surface area contributed by atoms with Gasteiger partial charge >= 0.3 is 0 Å². The third-order valence-electron chi connectivity index (χ3n) is 6.99. The van der Waals surface area contributed by atoms with E-state index < -0.39 is 0 Å². The van der Waals surface area contributed by atoms with Crippen LogP contribution in [0.25, 0.3) is 0 Å². The fourth-order valence-corrected chi connectivity index (χ4v) is 5.06. The molecule has 2 fully saturated rings. The van der Waals surface area contributed by atoms with Gasteiger partial charge in [-0.2, -0.15) is 0 Å². The first-order valence-corrected chi connectivity index (χ1v) is 11.4. The molecule has 1 aromatic heterocycles. The lowest BCUT2D eigenvalue weighted by molar-refractivity contribution is -0.00325. The summed E-state index contributed by atoms with van der Waals surface area (Å²) in [6.45, 7) is 11.6. The second kappa shape index (κ2) is 7.89. The highest BCUT2D eigenvalue weighted by Gasteiger charge is 2.51. The van der Waals surface area contributed by atoms with Crippen molar-refractivity contribution >= 4 is 5.95 Å². The number of rotatable bonds is 6. The highest BCUT2D eigenvalue weighted by molar-refractivity contribution is 5.41. The first-order valence-electron chi connectivity index (χ1n) is 11.4. The van der Waals surface area contributed by atoms with Crippen molar-refractivity contribution in [3.63, 3.8) is 0 Å². The fourth-order valence-electron chi connectivity index (χ4n) is 5.06. The van der Waals surface area contributed by atoms with Gasteiger partial charge in [-0.25, -0.2) is 9.97 Å². The van der Waals surface area contributed by atoms with E-state index in [0.717, 1.165) is 30.4 Å². The molecule has 2 saturated heterocycles. The Morgan fingerprint density at radius 3 is 2.00 bits per heavy atom. The van der Waals surface area contributed by atoms with Crippen LogP contribution < -0.4 is 9.64 Å². The summed E-state index contributed by atoms with van der Waals surface area (Å²) >= 11 is 0. The lowest BCUT2D eigenvalue weighted by atomic mass is 9.73. The Balaban J connectivity index is 1.16. The van der Waals surface area contributed by atoms with Gasteiger partial charge in [-0.05, 0) is 37.2 Å². The van der Waals surface area contributed by atoms with Crippen molar-refractivity contribution in [2.45, 2.75) is 32.8 Å². The number of likely N-dealkylation sites (tertiary alicyclic amines) is 1. The molecule has 0 radical (unpaired) electrons. The second-order valence-electron chi connectivity index (χ2n) is 10.2. The Labute approximate surface area is 191 Å². The third kappa shape index (κ3) is 3.97. The van der Waals surface area contributed by atoms with E-state index in [2.05, 4.69) is 96.1 Å². The molecule has 0 saturated carbocycles. The molecule has 0 amide bonds. The molecule has 2 aliphatic rings. The Morgan fingerprint density at radius 1 is 0.875 bits per heavy atom. The molecule has 2 aromatic carbocycles. The summed E-state index contributed by atoms with van der Waals surface area (Å²) < 4.78 is 5.99. The van der Waals surface area contributed by atoms with E-state index in [0.29, 0.717) is 12.0 Å². The standard InChI is InChI=1S/C27H32N4O/c1-20-5-7-22(8-6-20)26(2,3)23-9-11-24(12-10-23)32-15-21-13-28-25(29-14-21)31-18-27(19-31)16-30(4)17-27/h5-14H,15-19H2,1-4H3. The Morgan fingerprint density at radius 2 is 1.44 bits per heavy atom. The lowest BCUT2D eigenvalue weighted by Crippen LogP contribution is -2.71. The number of aryl methyl sites for hydroxylation is 1. The van der Waals surface area contributed by atoms with Gasteiger partial charge in [0, 0.05) is 55.0 Å². The fraction of sp³-hybridized carbons (Fsp3) is 0.407. The van der Waals surface area contributed by atoms with Gasteiger partial charge in [-0.3, -0.25) is 0 Å². The van der Waals surface area contributed by atoms with Crippen LogP contribution in [0.3, 0.4) is 0 Å². The maximum atomic E-state index is 5.99. The average Bonchev–Trinajstić information content (AvgIpc) is 2.75. The summed E-state index contributed by atoms with van der Waals surface area (Å²) in [4.78, 5) is 13.8. The number of hydrogen-bond acceptors (Lipinski definition) is 5. The minimum atomic E-state index is -0.0553. The maximum absolute atomic E-state index is 5.99. The van der Waals surface area contributed by atoms with Crippen molar-refractivity contribution in [3.05, 3.63) is 83.2 Å². The second-order valence-corrected chi connectivity index (χ2v) is 10.2. The van der Waals surface area contributed by atoms with Crippen molar-refractivity contribution < 1.29 is 4.74 Å². The summed E-state index contributed by atoms with van der Waals surface area (Å²) in [5.74, 6) is 1.69. The van der Waals surface area contributed by atoms with Crippen LogP contribution in [-0.4, -0.2) is 48.1 Å². The molecule has 0 atom stereocenters. The average molecular weight is 429 g/mol. The van der Waals surface area contributed by atoms with Crippen LogP contribution in [-0.2, 0) is 12.0 Å². The smallest absolute Gasteiger partial charge is 0.225 e. The van der Waals surface area contributed by atoms with Gasteiger partial charge in [0.1, 0.15) is 12.4 Å². The molecule has 166 valence electrons. The van der Waals surface area contributed by atoms with Gasteiger partial charge in [0.25, 0.3) is 0 Å². The number of aromatic nitrogens is 2. The van der Waals surface area contributed by atoms with E-state index in [4.69, 9.17) is 4.74 Å². The van der Waals surface area contributed by atoms with Gasteiger partial charge in [0.05, 0.1) is 0 Å². The molecule has 1 spiro atoms. The Bertz CT molecular complexity index is 1060. The molecule has 5 heteroatoms. The number of nitrogens with zero attached hydrogens (tertiary/aromatic N) is 4. The number of anilines is 1. The van der Waals surface area contributed by atoms with Crippen molar-refractivity contribution in [2.75, 3.05) is 38.1 Å². The zero-order chi connectivity index (χ0) is 22.3. The molecule has 5 nitrogen and oxygen atoms in total. The predicted molar refractivity (Wildman–Crippen MR) is 128 cm³/mol. The quantitative estimate of drug-likeness (QED) is 0.581. The summed E-state index contributed by atoms with van der Waals surface area (Å²) in [6, 6.07) is 17.2. The van der Waals surface area contributed by atoms with E-state index in [9.17, 15) is 0 Å². The van der Waals surface area contributed by atoms with Gasteiger partial charge in [0.15, 0.2) is 0 Å². The van der Waals surface area contributed by atoms with Crippen LogP contribution in [0, 0.1) is 12.3 Å². The monoisotopic (exact) mass is 428 g/mol. The van der Waals surface area contributed by atoms with Crippen LogP contribution in [0.2, 0.25) is 0 Å². The minimum absolute atomic E-state index is 0.0553. The normalized spacial score (nSPS) is 17.7.